The van der Waals surface area contributed by atoms with Gasteiger partial charge in [0, 0.05) is 32.2 Å². The van der Waals surface area contributed by atoms with Gasteiger partial charge in [0.25, 0.3) is 0 Å². The number of aliphatic hydroxyl groups is 1. The SMILES string of the molecule is NCc1cccc(N2CCC(CO)C2)n1. The molecule has 1 saturated heterocycles. The molecule has 0 bridgehead atoms. The zero-order valence-electron chi connectivity index (χ0n) is 8.76. The van der Waals surface area contributed by atoms with Gasteiger partial charge in [-0.1, -0.05) is 6.07 Å². The standard InChI is InChI=1S/C11H17N3O/c12-6-10-2-1-3-11(13-10)14-5-4-9(7-14)8-15/h1-3,9,15H,4-8,12H2. The minimum absolute atomic E-state index is 0.271. The first-order chi connectivity index (χ1) is 7.33. The van der Waals surface area contributed by atoms with Gasteiger partial charge in [0.05, 0.1) is 5.69 Å². The van der Waals surface area contributed by atoms with Gasteiger partial charge in [-0.15, -0.1) is 0 Å². The predicted octanol–water partition coefficient (Wildman–Crippen LogP) is 0.359. The fraction of sp³-hybridized carbons (Fsp3) is 0.545. The Kier molecular flexibility index (Phi) is 3.18. The summed E-state index contributed by atoms with van der Waals surface area (Å²) in [6.45, 7) is 2.63. The molecule has 0 saturated carbocycles. The Labute approximate surface area is 89.7 Å². The lowest BCUT2D eigenvalue weighted by Gasteiger charge is -2.17. The van der Waals surface area contributed by atoms with Crippen LogP contribution in [0.25, 0.3) is 0 Å². The smallest absolute Gasteiger partial charge is 0.128 e. The number of anilines is 1. The van der Waals surface area contributed by atoms with Crippen LogP contribution in [0.4, 0.5) is 5.82 Å². The summed E-state index contributed by atoms with van der Waals surface area (Å²) in [7, 11) is 0. The molecule has 82 valence electrons. The van der Waals surface area contributed by atoms with Crippen molar-refractivity contribution in [1.29, 1.82) is 0 Å². The lowest BCUT2D eigenvalue weighted by Crippen LogP contribution is -2.22. The van der Waals surface area contributed by atoms with Crippen LogP contribution >= 0.6 is 0 Å². The van der Waals surface area contributed by atoms with Crippen molar-refractivity contribution in [2.45, 2.75) is 13.0 Å². The summed E-state index contributed by atoms with van der Waals surface area (Å²) in [6.07, 6.45) is 1.05. The van der Waals surface area contributed by atoms with E-state index in [0.29, 0.717) is 12.5 Å². The van der Waals surface area contributed by atoms with Crippen LogP contribution in [0.3, 0.4) is 0 Å². The number of hydrogen-bond donors (Lipinski definition) is 2. The molecule has 1 aliphatic rings. The van der Waals surface area contributed by atoms with E-state index in [4.69, 9.17) is 10.8 Å². The summed E-state index contributed by atoms with van der Waals surface area (Å²) in [6, 6.07) is 5.92. The molecule has 1 aromatic rings. The van der Waals surface area contributed by atoms with Gasteiger partial charge in [0.2, 0.25) is 0 Å². The highest BCUT2D eigenvalue weighted by atomic mass is 16.3. The second kappa shape index (κ2) is 4.59. The Morgan fingerprint density at radius 3 is 3.07 bits per heavy atom. The van der Waals surface area contributed by atoms with Crippen LogP contribution in [-0.4, -0.2) is 29.8 Å². The van der Waals surface area contributed by atoms with Gasteiger partial charge in [-0.3, -0.25) is 0 Å². The lowest BCUT2D eigenvalue weighted by atomic mass is 10.1. The van der Waals surface area contributed by atoms with E-state index in [1.54, 1.807) is 0 Å². The van der Waals surface area contributed by atoms with Gasteiger partial charge in [0.15, 0.2) is 0 Å². The van der Waals surface area contributed by atoms with Crippen LogP contribution in [-0.2, 0) is 6.54 Å². The molecule has 0 aromatic carbocycles. The molecule has 0 aliphatic carbocycles. The molecular weight excluding hydrogens is 190 g/mol. The molecule has 4 heteroatoms. The van der Waals surface area contributed by atoms with E-state index in [0.717, 1.165) is 31.0 Å². The molecule has 1 aromatic heterocycles. The Morgan fingerprint density at radius 2 is 2.40 bits per heavy atom. The first-order valence-electron chi connectivity index (χ1n) is 5.35. The van der Waals surface area contributed by atoms with Gasteiger partial charge in [-0.2, -0.15) is 0 Å². The third kappa shape index (κ3) is 2.27. The normalized spacial score (nSPS) is 20.9. The molecular formula is C11H17N3O. The highest BCUT2D eigenvalue weighted by Crippen LogP contribution is 2.21. The van der Waals surface area contributed by atoms with E-state index in [9.17, 15) is 0 Å². The molecule has 0 radical (unpaired) electrons. The second-order valence-corrected chi connectivity index (χ2v) is 3.97. The van der Waals surface area contributed by atoms with Gasteiger partial charge < -0.3 is 15.7 Å². The molecule has 1 atom stereocenters. The van der Waals surface area contributed by atoms with Crippen molar-refractivity contribution in [2.75, 3.05) is 24.6 Å². The summed E-state index contributed by atoms with van der Waals surface area (Å²) in [4.78, 5) is 6.67. The van der Waals surface area contributed by atoms with E-state index in [1.807, 2.05) is 18.2 Å². The van der Waals surface area contributed by atoms with Crippen molar-refractivity contribution < 1.29 is 5.11 Å². The average molecular weight is 207 g/mol. The van der Waals surface area contributed by atoms with Crippen molar-refractivity contribution in [1.82, 2.24) is 4.98 Å². The average Bonchev–Trinajstić information content (AvgIpc) is 2.78. The van der Waals surface area contributed by atoms with Crippen LogP contribution < -0.4 is 10.6 Å². The van der Waals surface area contributed by atoms with E-state index in [2.05, 4.69) is 9.88 Å². The number of rotatable bonds is 3. The number of aromatic nitrogens is 1. The van der Waals surface area contributed by atoms with E-state index in [1.165, 1.54) is 0 Å². The number of pyridine rings is 1. The Morgan fingerprint density at radius 1 is 1.53 bits per heavy atom. The molecule has 1 fully saturated rings. The minimum atomic E-state index is 0.271. The number of nitrogens with zero attached hydrogens (tertiary/aromatic N) is 2. The first kappa shape index (κ1) is 10.4. The monoisotopic (exact) mass is 207 g/mol. The molecule has 1 unspecified atom stereocenters. The van der Waals surface area contributed by atoms with Crippen molar-refractivity contribution in [3.05, 3.63) is 23.9 Å². The highest BCUT2D eigenvalue weighted by Gasteiger charge is 2.22. The van der Waals surface area contributed by atoms with Crippen molar-refractivity contribution in [3.8, 4) is 0 Å². The zero-order valence-corrected chi connectivity index (χ0v) is 8.76. The Bertz CT molecular complexity index is 329. The topological polar surface area (TPSA) is 62.4 Å². The number of hydrogen-bond acceptors (Lipinski definition) is 4. The van der Waals surface area contributed by atoms with Crippen molar-refractivity contribution >= 4 is 5.82 Å². The maximum atomic E-state index is 9.06. The quantitative estimate of drug-likeness (QED) is 0.751. The third-order valence-corrected chi connectivity index (χ3v) is 2.87. The van der Waals surface area contributed by atoms with E-state index in [-0.39, 0.29) is 6.61 Å². The van der Waals surface area contributed by atoms with Crippen LogP contribution in [0.1, 0.15) is 12.1 Å². The van der Waals surface area contributed by atoms with E-state index >= 15 is 0 Å². The van der Waals surface area contributed by atoms with Crippen molar-refractivity contribution in [3.63, 3.8) is 0 Å². The van der Waals surface area contributed by atoms with Crippen LogP contribution in [0.5, 0.6) is 0 Å². The molecule has 4 nitrogen and oxygen atoms in total. The summed E-state index contributed by atoms with van der Waals surface area (Å²) >= 11 is 0. The molecule has 2 heterocycles. The first-order valence-corrected chi connectivity index (χ1v) is 5.35. The molecule has 2 rings (SSSR count). The van der Waals surface area contributed by atoms with Crippen molar-refractivity contribution in [2.24, 2.45) is 11.7 Å². The molecule has 3 N–H and O–H groups in total. The Hall–Kier alpha value is -1.13. The lowest BCUT2D eigenvalue weighted by molar-refractivity contribution is 0.238. The van der Waals surface area contributed by atoms with Crippen LogP contribution in [0.15, 0.2) is 18.2 Å². The minimum Gasteiger partial charge on any atom is -0.396 e. The van der Waals surface area contributed by atoms with Crippen LogP contribution in [0, 0.1) is 5.92 Å². The second-order valence-electron chi connectivity index (χ2n) is 3.97. The predicted molar refractivity (Wildman–Crippen MR) is 59.5 cm³/mol. The molecule has 1 aliphatic heterocycles. The van der Waals surface area contributed by atoms with Gasteiger partial charge in [-0.05, 0) is 18.6 Å². The molecule has 0 amide bonds. The van der Waals surface area contributed by atoms with Gasteiger partial charge in [0.1, 0.15) is 5.82 Å². The number of aliphatic hydroxyl groups excluding tert-OH is 1. The summed E-state index contributed by atoms with van der Waals surface area (Å²) in [5, 5.41) is 9.06. The largest absolute Gasteiger partial charge is 0.396 e. The molecule has 15 heavy (non-hydrogen) atoms. The maximum absolute atomic E-state index is 9.06. The third-order valence-electron chi connectivity index (χ3n) is 2.87. The van der Waals surface area contributed by atoms with Gasteiger partial charge >= 0.3 is 0 Å². The Balaban J connectivity index is 2.09. The van der Waals surface area contributed by atoms with E-state index < -0.39 is 0 Å². The summed E-state index contributed by atoms with van der Waals surface area (Å²) < 4.78 is 0. The summed E-state index contributed by atoms with van der Waals surface area (Å²) in [5.74, 6) is 1.38. The highest BCUT2D eigenvalue weighted by molar-refractivity contribution is 5.40. The number of nitrogens with two attached hydrogens (primary N) is 1. The maximum Gasteiger partial charge on any atom is 0.128 e. The zero-order chi connectivity index (χ0) is 10.7. The fourth-order valence-electron chi connectivity index (χ4n) is 1.95. The fourth-order valence-corrected chi connectivity index (χ4v) is 1.95. The van der Waals surface area contributed by atoms with Crippen LogP contribution in [0.2, 0.25) is 0 Å². The molecule has 0 spiro atoms. The summed E-state index contributed by atoms with van der Waals surface area (Å²) in [5.41, 5.74) is 6.47. The van der Waals surface area contributed by atoms with Gasteiger partial charge in [-0.25, -0.2) is 4.98 Å².